The molecule has 11 aromatic carbocycles. The van der Waals surface area contributed by atoms with Crippen LogP contribution in [0.3, 0.4) is 0 Å². The Hall–Kier alpha value is -8.92. The Balaban J connectivity index is 0.935. The van der Waals surface area contributed by atoms with Gasteiger partial charge in [0.05, 0.1) is 27.8 Å². The molecule has 0 N–H and O–H groups in total. The monoisotopic (exact) mass is 865 g/mol. The SMILES string of the molecule is c1ccc(N2c3ccccc3C3(c4ccccc4)c4cc(-c5ccc(N(c6ccc7ccccc7c6)c6ccc7c8ccccc8n(-c8ccccc8)c7c6)cc5)ccc4-c4cccc2c43)cc1. The Kier molecular flexibility index (Phi) is 8.50. The molecule has 318 valence electrons. The highest BCUT2D eigenvalue weighted by Gasteiger charge is 2.52. The van der Waals surface area contributed by atoms with Gasteiger partial charge >= 0.3 is 0 Å². The fraction of sp³-hybridized carbons (Fsp3) is 0.0154. The van der Waals surface area contributed by atoms with Gasteiger partial charge in [0.15, 0.2) is 0 Å². The van der Waals surface area contributed by atoms with Crippen molar-refractivity contribution in [3.63, 3.8) is 0 Å². The molecule has 1 atom stereocenters. The number of anilines is 6. The number of aromatic nitrogens is 1. The lowest BCUT2D eigenvalue weighted by Crippen LogP contribution is -2.35. The maximum absolute atomic E-state index is 2.48. The molecule has 0 saturated carbocycles. The van der Waals surface area contributed by atoms with Crippen LogP contribution < -0.4 is 9.80 Å². The maximum atomic E-state index is 2.48. The molecule has 3 nitrogen and oxygen atoms in total. The first-order valence-corrected chi connectivity index (χ1v) is 23.5. The van der Waals surface area contributed by atoms with E-state index in [1.54, 1.807) is 0 Å². The molecule has 1 unspecified atom stereocenters. The molecule has 12 aromatic rings. The normalized spacial score (nSPS) is 14.5. The van der Waals surface area contributed by atoms with E-state index in [2.05, 4.69) is 275 Å². The summed E-state index contributed by atoms with van der Waals surface area (Å²) in [7, 11) is 0. The summed E-state index contributed by atoms with van der Waals surface area (Å²) in [4.78, 5) is 4.87. The van der Waals surface area contributed by atoms with Crippen molar-refractivity contribution in [2.75, 3.05) is 9.80 Å². The number of hydrogen-bond donors (Lipinski definition) is 0. The Bertz CT molecular complexity index is 3910. The van der Waals surface area contributed by atoms with Gasteiger partial charge in [-0.25, -0.2) is 0 Å². The predicted molar refractivity (Wildman–Crippen MR) is 284 cm³/mol. The lowest BCUT2D eigenvalue weighted by molar-refractivity contribution is 0.754. The topological polar surface area (TPSA) is 11.4 Å². The molecule has 0 spiro atoms. The Labute approximate surface area is 395 Å². The summed E-state index contributed by atoms with van der Waals surface area (Å²) < 4.78 is 2.40. The average Bonchev–Trinajstić information content (AvgIpc) is 3.91. The van der Waals surface area contributed by atoms with Crippen LogP contribution in [0.15, 0.2) is 261 Å². The van der Waals surface area contributed by atoms with E-state index in [4.69, 9.17) is 0 Å². The molecule has 0 bridgehead atoms. The third kappa shape index (κ3) is 5.60. The maximum Gasteiger partial charge on any atom is 0.0754 e. The van der Waals surface area contributed by atoms with Gasteiger partial charge in [-0.1, -0.05) is 176 Å². The molecule has 2 heterocycles. The second-order valence-corrected chi connectivity index (χ2v) is 18.1. The van der Waals surface area contributed by atoms with Crippen LogP contribution in [-0.2, 0) is 5.41 Å². The van der Waals surface area contributed by atoms with Gasteiger partial charge < -0.3 is 14.4 Å². The van der Waals surface area contributed by atoms with Crippen LogP contribution >= 0.6 is 0 Å². The number of para-hydroxylation sites is 4. The van der Waals surface area contributed by atoms with Gasteiger partial charge in [-0.3, -0.25) is 0 Å². The lowest BCUT2D eigenvalue weighted by Gasteiger charge is -2.44. The van der Waals surface area contributed by atoms with Gasteiger partial charge in [-0.05, 0) is 135 Å². The van der Waals surface area contributed by atoms with Gasteiger partial charge in [-0.15, -0.1) is 0 Å². The molecule has 0 amide bonds. The van der Waals surface area contributed by atoms with Crippen LogP contribution in [0.4, 0.5) is 34.1 Å². The molecule has 1 aromatic heterocycles. The molecule has 14 rings (SSSR count). The van der Waals surface area contributed by atoms with E-state index >= 15 is 0 Å². The number of benzene rings is 11. The Morgan fingerprint density at radius 1 is 0.338 bits per heavy atom. The van der Waals surface area contributed by atoms with Crippen molar-refractivity contribution < 1.29 is 0 Å². The zero-order chi connectivity index (χ0) is 44.8. The molecule has 68 heavy (non-hydrogen) atoms. The first-order valence-electron chi connectivity index (χ1n) is 23.5. The van der Waals surface area contributed by atoms with E-state index in [1.165, 1.54) is 88.5 Å². The highest BCUT2D eigenvalue weighted by molar-refractivity contribution is 6.10. The lowest BCUT2D eigenvalue weighted by atomic mass is 9.64. The van der Waals surface area contributed by atoms with Crippen molar-refractivity contribution in [1.29, 1.82) is 0 Å². The summed E-state index contributed by atoms with van der Waals surface area (Å²) in [5.41, 5.74) is 20.0. The predicted octanol–water partition coefficient (Wildman–Crippen LogP) is 17.2. The summed E-state index contributed by atoms with van der Waals surface area (Å²) in [6, 6.07) is 96.1. The van der Waals surface area contributed by atoms with Crippen molar-refractivity contribution in [1.82, 2.24) is 4.57 Å². The highest BCUT2D eigenvalue weighted by atomic mass is 15.2. The third-order valence-electron chi connectivity index (χ3n) is 14.5. The van der Waals surface area contributed by atoms with Crippen LogP contribution in [0.25, 0.3) is 60.5 Å². The van der Waals surface area contributed by atoms with Gasteiger partial charge in [-0.2, -0.15) is 0 Å². The quantitative estimate of drug-likeness (QED) is 0.158. The standard InChI is InChI=1S/C65H43N3/c1-4-19-48(20-5-1)65-58-27-13-15-29-61(58)68(50-23-8-3-9-24-50)62-30-16-26-57(64(62)65)54-39-34-47(42-59(54)65)45-31-35-51(36-32-45)66(52-37-33-44-17-10-11-18-46(44)41-52)53-38-40-56-55-25-12-14-28-60(55)67(63(56)43-53)49-21-6-2-7-22-49/h1-43H. The first-order chi connectivity index (χ1) is 33.7. The van der Waals surface area contributed by atoms with Crippen molar-refractivity contribution in [3.05, 3.63) is 283 Å². The largest absolute Gasteiger partial charge is 0.310 e. The van der Waals surface area contributed by atoms with Crippen molar-refractivity contribution >= 4 is 66.7 Å². The average molecular weight is 866 g/mol. The smallest absolute Gasteiger partial charge is 0.0754 e. The summed E-state index contributed by atoms with van der Waals surface area (Å²) in [6.07, 6.45) is 0. The van der Waals surface area contributed by atoms with Gasteiger partial charge in [0.1, 0.15) is 0 Å². The summed E-state index contributed by atoms with van der Waals surface area (Å²) in [5.74, 6) is 0. The first kappa shape index (κ1) is 38.4. The van der Waals surface area contributed by atoms with E-state index in [0.29, 0.717) is 0 Å². The molecule has 1 aliphatic carbocycles. The molecule has 1 aliphatic heterocycles. The zero-order valence-electron chi connectivity index (χ0n) is 37.2. The molecule has 3 heteroatoms. The highest BCUT2D eigenvalue weighted by Crippen LogP contribution is 2.65. The molecule has 0 radical (unpaired) electrons. The molecule has 0 saturated heterocycles. The van der Waals surface area contributed by atoms with E-state index in [9.17, 15) is 0 Å². The molecular weight excluding hydrogens is 823 g/mol. The van der Waals surface area contributed by atoms with E-state index in [1.807, 2.05) is 0 Å². The Morgan fingerprint density at radius 2 is 0.956 bits per heavy atom. The number of hydrogen-bond acceptors (Lipinski definition) is 2. The van der Waals surface area contributed by atoms with E-state index < -0.39 is 5.41 Å². The van der Waals surface area contributed by atoms with E-state index in [-0.39, 0.29) is 0 Å². The van der Waals surface area contributed by atoms with Crippen molar-refractivity contribution in [3.8, 4) is 27.9 Å². The summed E-state index contributed by atoms with van der Waals surface area (Å²) in [6.45, 7) is 0. The minimum absolute atomic E-state index is 0.520. The van der Waals surface area contributed by atoms with Gasteiger partial charge in [0.2, 0.25) is 0 Å². The summed E-state index contributed by atoms with van der Waals surface area (Å²) in [5, 5.41) is 4.90. The molecule has 0 fully saturated rings. The van der Waals surface area contributed by atoms with Crippen molar-refractivity contribution in [2.24, 2.45) is 0 Å². The third-order valence-corrected chi connectivity index (χ3v) is 14.5. The van der Waals surface area contributed by atoms with Gasteiger partial charge in [0.25, 0.3) is 0 Å². The minimum Gasteiger partial charge on any atom is -0.310 e. The summed E-state index contributed by atoms with van der Waals surface area (Å²) >= 11 is 0. The van der Waals surface area contributed by atoms with Crippen LogP contribution in [0.5, 0.6) is 0 Å². The van der Waals surface area contributed by atoms with Gasteiger partial charge in [0, 0.05) is 44.8 Å². The van der Waals surface area contributed by atoms with Crippen LogP contribution in [-0.4, -0.2) is 4.57 Å². The minimum atomic E-state index is -0.520. The molecular formula is C65H43N3. The fourth-order valence-corrected chi connectivity index (χ4v) is 11.7. The fourth-order valence-electron chi connectivity index (χ4n) is 11.7. The number of fused-ring (bicyclic) bond motifs is 9. The second-order valence-electron chi connectivity index (χ2n) is 18.1. The molecule has 2 aliphatic rings. The second kappa shape index (κ2) is 15.1. The van der Waals surface area contributed by atoms with Crippen LogP contribution in [0.2, 0.25) is 0 Å². The number of nitrogens with zero attached hydrogens (tertiary/aromatic N) is 3. The zero-order valence-corrected chi connectivity index (χ0v) is 37.2. The van der Waals surface area contributed by atoms with Crippen LogP contribution in [0.1, 0.15) is 22.3 Å². The number of rotatable bonds is 7. The van der Waals surface area contributed by atoms with Crippen LogP contribution in [0, 0.1) is 0 Å². The van der Waals surface area contributed by atoms with Crippen molar-refractivity contribution in [2.45, 2.75) is 5.41 Å². The Morgan fingerprint density at radius 3 is 1.78 bits per heavy atom. The van der Waals surface area contributed by atoms with E-state index in [0.717, 1.165) is 28.4 Å².